The molecule has 1 aromatic rings. The fourth-order valence-electron chi connectivity index (χ4n) is 2.82. The predicted octanol–water partition coefficient (Wildman–Crippen LogP) is 0.958. The third kappa shape index (κ3) is 2.50. The van der Waals surface area contributed by atoms with E-state index in [1.807, 2.05) is 0 Å². The summed E-state index contributed by atoms with van der Waals surface area (Å²) in [5, 5.41) is 11.9. The summed E-state index contributed by atoms with van der Waals surface area (Å²) < 4.78 is 5.93. The molecule has 2 N–H and O–H groups in total. The normalized spacial score (nSPS) is 19.8. The first kappa shape index (κ1) is 14.0. The van der Waals surface area contributed by atoms with Gasteiger partial charge in [0.1, 0.15) is 12.4 Å². The zero-order valence-electron chi connectivity index (χ0n) is 11.6. The van der Waals surface area contributed by atoms with Gasteiger partial charge in [0.05, 0.1) is 5.56 Å². The summed E-state index contributed by atoms with van der Waals surface area (Å²) in [5.74, 6) is 0.281. The van der Waals surface area contributed by atoms with Crippen LogP contribution in [0.25, 0.3) is 6.08 Å². The van der Waals surface area contributed by atoms with Crippen LogP contribution in [0, 0.1) is 0 Å². The van der Waals surface area contributed by atoms with Crippen LogP contribution in [-0.2, 0) is 4.79 Å². The second-order valence-corrected chi connectivity index (χ2v) is 5.39. The average Bonchev–Trinajstić information content (AvgIpc) is 2.78. The Hall–Kier alpha value is -1.98. The number of carbonyl (C=O) groups excluding carboxylic acids is 2. The Labute approximate surface area is 122 Å². The van der Waals surface area contributed by atoms with Gasteiger partial charge in [-0.25, -0.2) is 0 Å². The molecule has 0 atom stereocenters. The number of ketones is 2. The maximum absolute atomic E-state index is 12.6. The number of benzene rings is 1. The van der Waals surface area contributed by atoms with Gasteiger partial charge >= 0.3 is 0 Å². The number of rotatable bonds is 3. The number of Topliss-reactive ketones (excluding diaryl/α,β-unsaturated/α-hetero) is 1. The first-order chi connectivity index (χ1) is 10.1. The molecule has 2 aliphatic heterocycles. The number of carbonyl (C=O) groups is 2. The molecule has 1 spiro atoms. The molecule has 1 fully saturated rings. The number of nitrogens with one attached hydrogen (secondary N) is 1. The highest BCUT2D eigenvalue weighted by molar-refractivity contribution is 6.08. The van der Waals surface area contributed by atoms with E-state index in [4.69, 9.17) is 9.84 Å². The lowest BCUT2D eigenvalue weighted by Gasteiger charge is -2.31. The van der Waals surface area contributed by atoms with Gasteiger partial charge in [0.25, 0.3) is 0 Å². The third-order valence-electron chi connectivity index (χ3n) is 4.00. The van der Waals surface area contributed by atoms with Crippen LogP contribution in [0.3, 0.4) is 0 Å². The number of hydrogen-bond acceptors (Lipinski definition) is 5. The summed E-state index contributed by atoms with van der Waals surface area (Å²) in [6.45, 7) is 1.04. The minimum atomic E-state index is -0.711. The van der Waals surface area contributed by atoms with Gasteiger partial charge in [-0.15, -0.1) is 0 Å². The summed E-state index contributed by atoms with van der Waals surface area (Å²) in [6.07, 6.45) is 4.26. The molecule has 1 saturated heterocycles. The maximum atomic E-state index is 12.6. The molecule has 0 amide bonds. The molecule has 5 heteroatoms. The van der Waals surface area contributed by atoms with Gasteiger partial charge in [0.2, 0.25) is 5.78 Å². The van der Waals surface area contributed by atoms with Crippen LogP contribution in [0.5, 0.6) is 5.75 Å². The molecule has 5 nitrogen and oxygen atoms in total. The number of aliphatic hydroxyl groups is 1. The molecule has 2 aliphatic rings. The van der Waals surface area contributed by atoms with Crippen molar-refractivity contribution in [2.75, 3.05) is 19.7 Å². The maximum Gasteiger partial charge on any atom is 0.210 e. The van der Waals surface area contributed by atoms with Crippen LogP contribution in [0.4, 0.5) is 0 Å². The number of ether oxygens (including phenoxy) is 1. The van der Waals surface area contributed by atoms with E-state index in [9.17, 15) is 9.59 Å². The van der Waals surface area contributed by atoms with Crippen LogP contribution in [0.15, 0.2) is 24.3 Å². The Bertz CT molecular complexity index is 615. The predicted molar refractivity (Wildman–Crippen MR) is 77.4 cm³/mol. The monoisotopic (exact) mass is 287 g/mol. The first-order valence-corrected chi connectivity index (χ1v) is 7.05. The molecule has 0 aromatic heterocycles. The minimum Gasteiger partial charge on any atom is -0.478 e. The first-order valence-electron chi connectivity index (χ1n) is 7.05. The fraction of sp³-hybridized carbons (Fsp3) is 0.375. The Balaban J connectivity index is 1.87. The van der Waals surface area contributed by atoms with Crippen LogP contribution in [-0.4, -0.2) is 42.0 Å². The van der Waals surface area contributed by atoms with E-state index in [0.717, 1.165) is 18.7 Å². The van der Waals surface area contributed by atoms with Gasteiger partial charge in [-0.2, -0.15) is 0 Å². The lowest BCUT2D eigenvalue weighted by molar-refractivity contribution is -0.117. The standard InChI is InChI=1S/C16H17NO4/c18-10-12(19)3-1-11-2-4-14-13(9-11)15(20)16(21-14)5-7-17-8-6-16/h1-4,9,17-18H,5-8,10H2/b3-1+. The van der Waals surface area contributed by atoms with E-state index in [1.165, 1.54) is 6.08 Å². The van der Waals surface area contributed by atoms with E-state index in [-0.39, 0.29) is 11.6 Å². The second-order valence-electron chi connectivity index (χ2n) is 5.39. The van der Waals surface area contributed by atoms with E-state index < -0.39 is 12.2 Å². The molecule has 110 valence electrons. The summed E-state index contributed by atoms with van der Waals surface area (Å²) in [7, 11) is 0. The van der Waals surface area contributed by atoms with Crippen LogP contribution < -0.4 is 10.1 Å². The van der Waals surface area contributed by atoms with Crippen molar-refractivity contribution in [3.63, 3.8) is 0 Å². The molecular formula is C16H17NO4. The van der Waals surface area contributed by atoms with E-state index in [0.29, 0.717) is 24.2 Å². The summed E-state index contributed by atoms with van der Waals surface area (Å²) in [4.78, 5) is 23.7. The molecule has 1 aromatic carbocycles. The van der Waals surface area contributed by atoms with Crippen LogP contribution >= 0.6 is 0 Å². The molecule has 3 rings (SSSR count). The highest BCUT2D eigenvalue weighted by atomic mass is 16.5. The minimum absolute atomic E-state index is 0.0303. The molecule has 0 aliphatic carbocycles. The molecule has 0 bridgehead atoms. The Morgan fingerprint density at radius 2 is 2.14 bits per heavy atom. The summed E-state index contributed by atoms with van der Waals surface area (Å²) in [5.41, 5.74) is 0.616. The molecule has 0 unspecified atom stereocenters. The lowest BCUT2D eigenvalue weighted by atomic mass is 9.86. The zero-order chi connectivity index (χ0) is 14.9. The van der Waals surface area contributed by atoms with Gasteiger partial charge < -0.3 is 15.2 Å². The Morgan fingerprint density at radius 1 is 1.38 bits per heavy atom. The summed E-state index contributed by atoms with van der Waals surface area (Å²) in [6, 6.07) is 5.32. The van der Waals surface area contributed by atoms with Gasteiger partial charge in [-0.3, -0.25) is 9.59 Å². The number of aliphatic hydroxyl groups excluding tert-OH is 1. The number of hydrogen-bond donors (Lipinski definition) is 2. The number of fused-ring (bicyclic) bond motifs is 1. The average molecular weight is 287 g/mol. The Kier molecular flexibility index (Phi) is 3.61. The molecule has 21 heavy (non-hydrogen) atoms. The van der Waals surface area contributed by atoms with E-state index in [1.54, 1.807) is 24.3 Å². The molecular weight excluding hydrogens is 270 g/mol. The van der Waals surface area contributed by atoms with Crippen molar-refractivity contribution in [2.45, 2.75) is 18.4 Å². The van der Waals surface area contributed by atoms with Gasteiger partial charge in [0.15, 0.2) is 11.4 Å². The number of piperidine rings is 1. The largest absolute Gasteiger partial charge is 0.478 e. The van der Waals surface area contributed by atoms with E-state index in [2.05, 4.69) is 5.32 Å². The van der Waals surface area contributed by atoms with Crippen molar-refractivity contribution in [3.05, 3.63) is 35.4 Å². The second kappa shape index (κ2) is 5.42. The lowest BCUT2D eigenvalue weighted by Crippen LogP contribution is -2.49. The molecule has 0 radical (unpaired) electrons. The smallest absolute Gasteiger partial charge is 0.210 e. The van der Waals surface area contributed by atoms with Crippen molar-refractivity contribution in [1.82, 2.24) is 5.32 Å². The molecule has 2 heterocycles. The fourth-order valence-corrected chi connectivity index (χ4v) is 2.82. The highest BCUT2D eigenvalue weighted by Crippen LogP contribution is 2.40. The van der Waals surface area contributed by atoms with Crippen molar-refractivity contribution < 1.29 is 19.4 Å². The van der Waals surface area contributed by atoms with Gasteiger partial charge in [0, 0.05) is 12.8 Å². The van der Waals surface area contributed by atoms with E-state index >= 15 is 0 Å². The van der Waals surface area contributed by atoms with Crippen LogP contribution in [0.1, 0.15) is 28.8 Å². The van der Waals surface area contributed by atoms with Crippen molar-refractivity contribution in [2.24, 2.45) is 0 Å². The van der Waals surface area contributed by atoms with Crippen molar-refractivity contribution in [1.29, 1.82) is 0 Å². The molecule has 0 saturated carbocycles. The summed E-state index contributed by atoms with van der Waals surface area (Å²) >= 11 is 0. The quantitative estimate of drug-likeness (QED) is 0.810. The third-order valence-corrected chi connectivity index (χ3v) is 4.00. The van der Waals surface area contributed by atoms with Crippen molar-refractivity contribution >= 4 is 17.6 Å². The topological polar surface area (TPSA) is 75.6 Å². The zero-order valence-corrected chi connectivity index (χ0v) is 11.6. The van der Waals surface area contributed by atoms with Gasteiger partial charge in [-0.05, 0) is 36.9 Å². The van der Waals surface area contributed by atoms with Gasteiger partial charge in [-0.1, -0.05) is 12.1 Å². The Morgan fingerprint density at radius 3 is 2.86 bits per heavy atom. The van der Waals surface area contributed by atoms with Crippen LogP contribution in [0.2, 0.25) is 0 Å². The highest BCUT2D eigenvalue weighted by Gasteiger charge is 2.48. The van der Waals surface area contributed by atoms with Crippen molar-refractivity contribution in [3.8, 4) is 5.75 Å². The SMILES string of the molecule is O=C(/C=C/c1ccc2c(c1)C(=O)C1(CCNCC1)O2)CO.